The molecule has 2 aromatic carbocycles. The van der Waals surface area contributed by atoms with Crippen LogP contribution in [0, 0.1) is 6.92 Å². The fourth-order valence-corrected chi connectivity index (χ4v) is 3.64. The standard InChI is InChI=1S/C19H23NOS/c1-4-20(5-2)19(21)18(16-11-7-6-8-12-16)22-17-13-9-10-15(3)14-17/h6-14,18H,4-5H2,1-3H3. The maximum absolute atomic E-state index is 12.9. The number of benzene rings is 2. The lowest BCUT2D eigenvalue weighted by atomic mass is 10.1. The zero-order valence-corrected chi connectivity index (χ0v) is 14.3. The fourth-order valence-electron chi connectivity index (χ4n) is 2.41. The van der Waals surface area contributed by atoms with Crippen LogP contribution in [0.4, 0.5) is 0 Å². The summed E-state index contributed by atoms with van der Waals surface area (Å²) in [5, 5.41) is -0.192. The molecule has 2 aromatic rings. The highest BCUT2D eigenvalue weighted by atomic mass is 32.2. The number of amides is 1. The van der Waals surface area contributed by atoms with Crippen molar-refractivity contribution >= 4 is 17.7 Å². The van der Waals surface area contributed by atoms with Gasteiger partial charge in [-0.25, -0.2) is 0 Å². The predicted molar refractivity (Wildman–Crippen MR) is 94.1 cm³/mol. The second-order valence-electron chi connectivity index (χ2n) is 5.24. The van der Waals surface area contributed by atoms with E-state index in [1.54, 1.807) is 11.8 Å². The fraction of sp³-hybridized carbons (Fsp3) is 0.316. The molecule has 3 heteroatoms. The lowest BCUT2D eigenvalue weighted by Gasteiger charge is -2.25. The van der Waals surface area contributed by atoms with Crippen molar-refractivity contribution < 1.29 is 4.79 Å². The van der Waals surface area contributed by atoms with Crippen molar-refractivity contribution in [1.82, 2.24) is 4.90 Å². The Labute approximate surface area is 137 Å². The van der Waals surface area contributed by atoms with Crippen LogP contribution in [0.25, 0.3) is 0 Å². The molecule has 1 atom stereocenters. The summed E-state index contributed by atoms with van der Waals surface area (Å²) >= 11 is 1.63. The van der Waals surface area contributed by atoms with E-state index in [1.807, 2.05) is 55.1 Å². The van der Waals surface area contributed by atoms with Crippen molar-refractivity contribution in [2.24, 2.45) is 0 Å². The molecule has 0 heterocycles. The molecule has 0 aliphatic carbocycles. The monoisotopic (exact) mass is 313 g/mol. The molecule has 2 nitrogen and oxygen atoms in total. The molecular weight excluding hydrogens is 290 g/mol. The first-order valence-corrected chi connectivity index (χ1v) is 8.60. The highest BCUT2D eigenvalue weighted by molar-refractivity contribution is 8.00. The van der Waals surface area contributed by atoms with Crippen molar-refractivity contribution in [3.63, 3.8) is 0 Å². The minimum Gasteiger partial charge on any atom is -0.342 e. The third kappa shape index (κ3) is 4.14. The van der Waals surface area contributed by atoms with Gasteiger partial charge in [-0.3, -0.25) is 4.79 Å². The van der Waals surface area contributed by atoms with Crippen molar-refractivity contribution in [1.29, 1.82) is 0 Å². The minimum absolute atomic E-state index is 0.183. The molecule has 0 aromatic heterocycles. The third-order valence-corrected chi connectivity index (χ3v) is 4.88. The average molecular weight is 313 g/mol. The molecule has 0 spiro atoms. The Hall–Kier alpha value is -1.74. The quantitative estimate of drug-likeness (QED) is 0.721. The topological polar surface area (TPSA) is 20.3 Å². The van der Waals surface area contributed by atoms with Gasteiger partial charge < -0.3 is 4.90 Å². The number of nitrogens with zero attached hydrogens (tertiary/aromatic N) is 1. The lowest BCUT2D eigenvalue weighted by molar-refractivity contribution is -0.130. The van der Waals surface area contributed by atoms with Crippen molar-refractivity contribution in [3.05, 3.63) is 65.7 Å². The maximum Gasteiger partial charge on any atom is 0.240 e. The lowest BCUT2D eigenvalue weighted by Crippen LogP contribution is -2.33. The van der Waals surface area contributed by atoms with Crippen molar-refractivity contribution in [3.8, 4) is 0 Å². The normalized spacial score (nSPS) is 12.0. The van der Waals surface area contributed by atoms with Crippen LogP contribution < -0.4 is 0 Å². The molecule has 2 rings (SSSR count). The van der Waals surface area contributed by atoms with Crippen molar-refractivity contribution in [2.45, 2.75) is 30.9 Å². The number of carbonyl (C=O) groups excluding carboxylic acids is 1. The smallest absolute Gasteiger partial charge is 0.240 e. The Kier molecular flexibility index (Phi) is 6.08. The van der Waals surface area contributed by atoms with Gasteiger partial charge in [-0.15, -0.1) is 11.8 Å². The molecular formula is C19H23NOS. The van der Waals surface area contributed by atoms with E-state index in [0.29, 0.717) is 0 Å². The molecule has 0 N–H and O–H groups in total. The first-order chi connectivity index (χ1) is 10.7. The second kappa shape index (κ2) is 8.04. The summed E-state index contributed by atoms with van der Waals surface area (Å²) in [6.45, 7) is 7.62. The zero-order chi connectivity index (χ0) is 15.9. The van der Waals surface area contributed by atoms with E-state index >= 15 is 0 Å². The highest BCUT2D eigenvalue weighted by Gasteiger charge is 2.25. The van der Waals surface area contributed by atoms with Crippen molar-refractivity contribution in [2.75, 3.05) is 13.1 Å². The van der Waals surface area contributed by atoms with Gasteiger partial charge in [0.1, 0.15) is 5.25 Å². The van der Waals surface area contributed by atoms with E-state index in [1.165, 1.54) is 5.56 Å². The average Bonchev–Trinajstić information content (AvgIpc) is 2.54. The van der Waals surface area contributed by atoms with Gasteiger partial charge >= 0.3 is 0 Å². The first-order valence-electron chi connectivity index (χ1n) is 7.72. The number of rotatable bonds is 6. The summed E-state index contributed by atoms with van der Waals surface area (Å²) in [5.41, 5.74) is 2.28. The molecule has 0 bridgehead atoms. The summed E-state index contributed by atoms with van der Waals surface area (Å²) in [7, 11) is 0. The van der Waals surface area contributed by atoms with Gasteiger partial charge in [0, 0.05) is 18.0 Å². The van der Waals surface area contributed by atoms with Crippen LogP contribution in [0.3, 0.4) is 0 Å². The Balaban J connectivity index is 2.31. The van der Waals surface area contributed by atoms with E-state index in [9.17, 15) is 4.79 Å². The SMILES string of the molecule is CCN(CC)C(=O)C(Sc1cccc(C)c1)c1ccccc1. The third-order valence-electron chi connectivity index (χ3n) is 3.65. The maximum atomic E-state index is 12.9. The number of aryl methyl sites for hydroxylation is 1. The summed E-state index contributed by atoms with van der Waals surface area (Å²) in [5.74, 6) is 0.183. The van der Waals surface area contributed by atoms with Gasteiger partial charge in [-0.05, 0) is 38.5 Å². The number of hydrogen-bond acceptors (Lipinski definition) is 2. The summed E-state index contributed by atoms with van der Waals surface area (Å²) < 4.78 is 0. The number of hydrogen-bond donors (Lipinski definition) is 0. The largest absolute Gasteiger partial charge is 0.342 e. The molecule has 0 aliphatic rings. The number of carbonyl (C=O) groups is 1. The number of likely N-dealkylation sites (N-methyl/N-ethyl adjacent to an activating group) is 1. The van der Waals surface area contributed by atoms with Gasteiger partial charge in [-0.2, -0.15) is 0 Å². The van der Waals surface area contributed by atoms with Gasteiger partial charge in [0.15, 0.2) is 0 Å². The summed E-state index contributed by atoms with van der Waals surface area (Å²) in [6.07, 6.45) is 0. The molecule has 116 valence electrons. The van der Waals surface area contributed by atoms with Gasteiger partial charge in [0.05, 0.1) is 0 Å². The van der Waals surface area contributed by atoms with Crippen LogP contribution >= 0.6 is 11.8 Å². The van der Waals surface area contributed by atoms with E-state index in [0.717, 1.165) is 23.5 Å². The molecule has 0 saturated heterocycles. The van der Waals surface area contributed by atoms with Crippen LogP contribution in [0.1, 0.15) is 30.2 Å². The summed E-state index contributed by atoms with van der Waals surface area (Å²) in [6, 6.07) is 18.4. The second-order valence-corrected chi connectivity index (χ2v) is 6.41. The Morgan fingerprint density at radius 3 is 2.32 bits per heavy atom. The molecule has 0 fully saturated rings. The van der Waals surface area contributed by atoms with E-state index in [2.05, 4.69) is 25.1 Å². The molecule has 0 radical (unpaired) electrons. The van der Waals surface area contributed by atoms with E-state index < -0.39 is 0 Å². The van der Waals surface area contributed by atoms with Gasteiger partial charge in [0.2, 0.25) is 5.91 Å². The Bertz CT molecular complexity index is 608. The van der Waals surface area contributed by atoms with Crippen LogP contribution in [-0.4, -0.2) is 23.9 Å². The molecule has 1 amide bonds. The minimum atomic E-state index is -0.192. The van der Waals surface area contributed by atoms with Gasteiger partial charge in [0.25, 0.3) is 0 Å². The Morgan fingerprint density at radius 2 is 1.73 bits per heavy atom. The highest BCUT2D eigenvalue weighted by Crippen LogP contribution is 2.37. The van der Waals surface area contributed by atoms with E-state index in [4.69, 9.17) is 0 Å². The molecule has 0 aliphatic heterocycles. The summed E-state index contributed by atoms with van der Waals surface area (Å²) in [4.78, 5) is 15.9. The van der Waals surface area contributed by atoms with Crippen LogP contribution in [0.5, 0.6) is 0 Å². The molecule has 1 unspecified atom stereocenters. The van der Waals surface area contributed by atoms with Crippen LogP contribution in [0.15, 0.2) is 59.5 Å². The first kappa shape index (κ1) is 16.6. The zero-order valence-electron chi connectivity index (χ0n) is 13.5. The molecule has 0 saturated carbocycles. The van der Waals surface area contributed by atoms with Crippen LogP contribution in [-0.2, 0) is 4.79 Å². The number of thioether (sulfide) groups is 1. The van der Waals surface area contributed by atoms with E-state index in [-0.39, 0.29) is 11.2 Å². The van der Waals surface area contributed by atoms with Gasteiger partial charge in [-0.1, -0.05) is 48.0 Å². The Morgan fingerprint density at radius 1 is 1.05 bits per heavy atom. The predicted octanol–water partition coefficient (Wildman–Crippen LogP) is 4.70. The van der Waals surface area contributed by atoms with Crippen LogP contribution in [0.2, 0.25) is 0 Å². The molecule has 22 heavy (non-hydrogen) atoms.